The molecule has 1 aromatic carbocycles. The zero-order valence-electron chi connectivity index (χ0n) is 19.6. The van der Waals surface area contributed by atoms with Crippen molar-refractivity contribution in [3.05, 3.63) is 47.8 Å². The first-order valence-corrected chi connectivity index (χ1v) is 12.4. The van der Waals surface area contributed by atoms with Crippen LogP contribution >= 0.6 is 0 Å². The highest BCUT2D eigenvalue weighted by molar-refractivity contribution is 5.78. The monoisotopic (exact) mass is 452 g/mol. The summed E-state index contributed by atoms with van der Waals surface area (Å²) in [6.07, 6.45) is 9.62. The van der Waals surface area contributed by atoms with Gasteiger partial charge in [0.2, 0.25) is 0 Å². The van der Waals surface area contributed by atoms with Crippen molar-refractivity contribution in [2.75, 3.05) is 26.7 Å². The van der Waals surface area contributed by atoms with Gasteiger partial charge in [-0.15, -0.1) is 5.10 Å². The van der Waals surface area contributed by atoms with Crippen molar-refractivity contribution >= 4 is 6.03 Å². The molecule has 2 amide bonds. The van der Waals surface area contributed by atoms with Crippen molar-refractivity contribution in [2.24, 2.45) is 5.92 Å². The summed E-state index contributed by atoms with van der Waals surface area (Å²) in [5.41, 5.74) is 1.98. The van der Waals surface area contributed by atoms with Crippen molar-refractivity contribution in [3.63, 3.8) is 0 Å². The third kappa shape index (κ3) is 4.15. The lowest BCUT2D eigenvalue weighted by Gasteiger charge is -2.49. The predicted octanol–water partition coefficient (Wildman–Crippen LogP) is 2.74. The van der Waals surface area contributed by atoms with Crippen molar-refractivity contribution in [2.45, 2.75) is 69.1 Å². The number of aliphatic hydroxyl groups excluding tert-OH is 1. The molecule has 0 radical (unpaired) electrons. The molecule has 2 aromatic rings. The highest BCUT2D eigenvalue weighted by Crippen LogP contribution is 2.47. The van der Waals surface area contributed by atoms with Gasteiger partial charge in [0.1, 0.15) is 5.69 Å². The molecule has 1 spiro atoms. The highest BCUT2D eigenvalue weighted by Gasteiger charge is 2.54. The van der Waals surface area contributed by atoms with E-state index in [0.29, 0.717) is 19.0 Å². The van der Waals surface area contributed by atoms with E-state index in [4.69, 9.17) is 5.11 Å². The van der Waals surface area contributed by atoms with Crippen LogP contribution in [-0.2, 0) is 18.6 Å². The highest BCUT2D eigenvalue weighted by atomic mass is 16.3. The summed E-state index contributed by atoms with van der Waals surface area (Å²) in [7, 11) is 2.07. The third-order valence-electron chi connectivity index (χ3n) is 8.33. The molecule has 0 atom stereocenters. The fourth-order valence-electron chi connectivity index (χ4n) is 6.04. The number of carbonyl (C=O) groups excluding carboxylic acids is 1. The number of hydrogen-bond donors (Lipinski definition) is 2. The van der Waals surface area contributed by atoms with Crippen LogP contribution in [0, 0.1) is 5.92 Å². The molecule has 8 heteroatoms. The van der Waals surface area contributed by atoms with E-state index in [1.165, 1.54) is 24.8 Å². The second kappa shape index (κ2) is 9.06. The van der Waals surface area contributed by atoms with Crippen LogP contribution in [0.2, 0.25) is 0 Å². The number of urea groups is 1. The van der Waals surface area contributed by atoms with Crippen molar-refractivity contribution in [3.8, 4) is 0 Å². The van der Waals surface area contributed by atoms with E-state index in [9.17, 15) is 4.79 Å². The molecule has 1 aliphatic heterocycles. The fourth-order valence-corrected chi connectivity index (χ4v) is 6.04. The molecule has 1 saturated heterocycles. The Bertz CT molecular complexity index is 949. The number of hydrogen-bond acceptors (Lipinski definition) is 5. The number of aliphatic hydroxyl groups is 1. The van der Waals surface area contributed by atoms with Gasteiger partial charge in [-0.05, 0) is 57.1 Å². The lowest BCUT2D eigenvalue weighted by atomic mass is 9.68. The number of nitrogens with one attached hydrogen (secondary N) is 1. The first-order chi connectivity index (χ1) is 16.1. The van der Waals surface area contributed by atoms with Gasteiger partial charge in [-0.3, -0.25) is 0 Å². The molecular formula is C25H36N6O2. The van der Waals surface area contributed by atoms with Gasteiger partial charge in [0.15, 0.2) is 0 Å². The van der Waals surface area contributed by atoms with Crippen LogP contribution in [0.3, 0.4) is 0 Å². The number of rotatable bonds is 8. The Kier molecular flexibility index (Phi) is 6.14. The number of nitrogens with zero attached hydrogens (tertiary/aromatic N) is 5. The summed E-state index contributed by atoms with van der Waals surface area (Å²) in [4.78, 5) is 17.8. The van der Waals surface area contributed by atoms with Crippen molar-refractivity contribution in [1.29, 1.82) is 0 Å². The maximum atomic E-state index is 13.6. The summed E-state index contributed by atoms with van der Waals surface area (Å²) in [6, 6.07) is 10.9. The van der Waals surface area contributed by atoms with E-state index in [1.54, 1.807) is 4.68 Å². The van der Waals surface area contributed by atoms with Gasteiger partial charge >= 0.3 is 6.03 Å². The molecule has 33 heavy (non-hydrogen) atoms. The smallest absolute Gasteiger partial charge is 0.320 e. The minimum absolute atomic E-state index is 0.0261. The zero-order chi connectivity index (χ0) is 22.9. The number of benzene rings is 1. The van der Waals surface area contributed by atoms with Crippen LogP contribution in [0.5, 0.6) is 0 Å². The predicted molar refractivity (Wildman–Crippen MR) is 125 cm³/mol. The van der Waals surface area contributed by atoms with E-state index < -0.39 is 0 Å². The minimum atomic E-state index is -0.108. The quantitative estimate of drug-likeness (QED) is 0.643. The Hall–Kier alpha value is -2.45. The van der Waals surface area contributed by atoms with Crippen LogP contribution in [-0.4, -0.2) is 68.2 Å². The van der Waals surface area contributed by atoms with Gasteiger partial charge in [0, 0.05) is 18.6 Å². The van der Waals surface area contributed by atoms with Crippen LogP contribution in [0.1, 0.15) is 56.2 Å². The number of aromatic nitrogens is 3. The molecule has 2 N–H and O–H groups in total. The first kappa shape index (κ1) is 22.3. The molecule has 0 bridgehead atoms. The lowest BCUT2D eigenvalue weighted by molar-refractivity contribution is 0.0584. The molecule has 3 fully saturated rings. The van der Waals surface area contributed by atoms with E-state index in [-0.39, 0.29) is 23.7 Å². The van der Waals surface area contributed by atoms with E-state index in [2.05, 4.69) is 57.9 Å². The Morgan fingerprint density at radius 2 is 1.91 bits per heavy atom. The molecule has 0 unspecified atom stereocenters. The largest absolute Gasteiger partial charge is 0.394 e. The lowest BCUT2D eigenvalue weighted by Crippen LogP contribution is -2.56. The Balaban J connectivity index is 1.35. The van der Waals surface area contributed by atoms with Crippen LogP contribution in [0.25, 0.3) is 0 Å². The molecule has 2 heterocycles. The van der Waals surface area contributed by atoms with Gasteiger partial charge in [-0.2, -0.15) is 0 Å². The molecule has 8 nitrogen and oxygen atoms in total. The summed E-state index contributed by atoms with van der Waals surface area (Å²) in [5.74, 6) is 0.640. The standard InChI is InChI=1S/C25H36N6O2/c1-26-25(21-8-3-2-4-9-21)12-10-24(11-13-25)19-29(17-22-18-30(14-15-32)28-27-22)23(33)31(24)16-20-6-5-7-20/h2-4,8-9,18,20,26,32H,5-7,10-17,19H2,1H3. The third-order valence-corrected chi connectivity index (χ3v) is 8.33. The van der Waals surface area contributed by atoms with E-state index in [0.717, 1.165) is 44.5 Å². The van der Waals surface area contributed by atoms with E-state index >= 15 is 0 Å². The summed E-state index contributed by atoms with van der Waals surface area (Å²) in [6.45, 7) is 2.55. The second-order valence-corrected chi connectivity index (χ2v) is 10.2. The maximum Gasteiger partial charge on any atom is 0.320 e. The Labute approximate surface area is 195 Å². The molecule has 5 rings (SSSR count). The van der Waals surface area contributed by atoms with Gasteiger partial charge < -0.3 is 20.2 Å². The topological polar surface area (TPSA) is 86.5 Å². The van der Waals surface area contributed by atoms with Crippen molar-refractivity contribution < 1.29 is 9.90 Å². The average molecular weight is 453 g/mol. The average Bonchev–Trinajstić information content (AvgIpc) is 3.35. The van der Waals surface area contributed by atoms with Crippen molar-refractivity contribution in [1.82, 2.24) is 30.1 Å². The van der Waals surface area contributed by atoms with Crippen LogP contribution < -0.4 is 5.32 Å². The second-order valence-electron chi connectivity index (χ2n) is 10.2. The fraction of sp³-hybridized carbons (Fsp3) is 0.640. The number of amides is 2. The Morgan fingerprint density at radius 3 is 2.55 bits per heavy atom. The van der Waals surface area contributed by atoms with Crippen LogP contribution in [0.4, 0.5) is 4.79 Å². The van der Waals surface area contributed by atoms with E-state index in [1.807, 2.05) is 11.1 Å². The van der Waals surface area contributed by atoms with Gasteiger partial charge in [0.25, 0.3) is 0 Å². The SMILES string of the molecule is CNC1(c2ccccc2)CCC2(CC1)CN(Cc1cn(CCO)nn1)C(=O)N2CC1CCC1. The maximum absolute atomic E-state index is 13.6. The number of carbonyl (C=O) groups is 1. The minimum Gasteiger partial charge on any atom is -0.394 e. The first-order valence-electron chi connectivity index (χ1n) is 12.4. The summed E-state index contributed by atoms with van der Waals surface area (Å²) < 4.78 is 1.64. The summed E-state index contributed by atoms with van der Waals surface area (Å²) >= 11 is 0. The van der Waals surface area contributed by atoms with Crippen LogP contribution in [0.15, 0.2) is 36.5 Å². The molecule has 2 saturated carbocycles. The van der Waals surface area contributed by atoms with Gasteiger partial charge in [-0.25, -0.2) is 9.48 Å². The van der Waals surface area contributed by atoms with Gasteiger partial charge in [-0.1, -0.05) is 42.0 Å². The molecule has 3 aliphatic rings. The molecule has 2 aliphatic carbocycles. The summed E-state index contributed by atoms with van der Waals surface area (Å²) in [5, 5.41) is 21.1. The zero-order valence-corrected chi connectivity index (χ0v) is 19.6. The Morgan fingerprint density at radius 1 is 1.15 bits per heavy atom. The molecule has 1 aromatic heterocycles. The normalized spacial score (nSPS) is 28.0. The molecule has 178 valence electrons. The van der Waals surface area contributed by atoms with Gasteiger partial charge in [0.05, 0.1) is 31.4 Å². The molecular weight excluding hydrogens is 416 g/mol.